The summed E-state index contributed by atoms with van der Waals surface area (Å²) < 4.78 is 16.1. The molecule has 3 rings (SSSR count). The third kappa shape index (κ3) is 2.12. The number of hydrogen-bond acceptors (Lipinski definition) is 4. The fourth-order valence-corrected chi connectivity index (χ4v) is 1.94. The molecule has 4 heteroatoms. The van der Waals surface area contributed by atoms with E-state index in [0.29, 0.717) is 17.1 Å². The minimum absolute atomic E-state index is 0.391. The van der Waals surface area contributed by atoms with E-state index in [1.165, 1.54) is 0 Å². The van der Waals surface area contributed by atoms with Crippen molar-refractivity contribution in [1.82, 2.24) is 0 Å². The number of methoxy groups -OCH3 is 1. The SMILES string of the molecule is COc1ccc2c(c1)OC(c1ccccc1)OC2=O. The molecule has 0 saturated heterocycles. The van der Waals surface area contributed by atoms with E-state index < -0.39 is 12.3 Å². The van der Waals surface area contributed by atoms with Gasteiger partial charge in [-0.1, -0.05) is 30.3 Å². The van der Waals surface area contributed by atoms with Gasteiger partial charge in [0, 0.05) is 11.6 Å². The zero-order valence-corrected chi connectivity index (χ0v) is 10.3. The summed E-state index contributed by atoms with van der Waals surface area (Å²) in [5.41, 5.74) is 1.21. The smallest absolute Gasteiger partial charge is 0.345 e. The molecule has 1 aliphatic heterocycles. The first-order valence-electron chi connectivity index (χ1n) is 5.88. The molecule has 96 valence electrons. The Morgan fingerprint density at radius 1 is 1.05 bits per heavy atom. The molecule has 0 spiro atoms. The van der Waals surface area contributed by atoms with Crippen LogP contribution in [0.15, 0.2) is 48.5 Å². The van der Waals surface area contributed by atoms with Crippen LogP contribution in [0.4, 0.5) is 0 Å². The van der Waals surface area contributed by atoms with E-state index in [-0.39, 0.29) is 0 Å². The van der Waals surface area contributed by atoms with Gasteiger partial charge in [0.15, 0.2) is 0 Å². The minimum Gasteiger partial charge on any atom is -0.497 e. The first-order valence-corrected chi connectivity index (χ1v) is 5.88. The van der Waals surface area contributed by atoms with Crippen LogP contribution in [0.25, 0.3) is 0 Å². The van der Waals surface area contributed by atoms with Gasteiger partial charge in [0.2, 0.25) is 0 Å². The van der Waals surface area contributed by atoms with Gasteiger partial charge in [-0.25, -0.2) is 4.79 Å². The van der Waals surface area contributed by atoms with Crippen LogP contribution < -0.4 is 9.47 Å². The quantitative estimate of drug-likeness (QED) is 0.775. The lowest BCUT2D eigenvalue weighted by Crippen LogP contribution is -2.23. The summed E-state index contributed by atoms with van der Waals surface area (Å²) in [4.78, 5) is 11.9. The Morgan fingerprint density at radius 3 is 2.58 bits per heavy atom. The predicted octanol–water partition coefficient (Wildman–Crippen LogP) is 2.94. The van der Waals surface area contributed by atoms with E-state index in [1.54, 1.807) is 25.3 Å². The number of cyclic esters (lactones) is 1. The van der Waals surface area contributed by atoms with Crippen molar-refractivity contribution < 1.29 is 19.0 Å². The molecule has 2 aromatic carbocycles. The molecule has 0 N–H and O–H groups in total. The summed E-state index contributed by atoms with van der Waals surface area (Å²) in [5, 5.41) is 0. The molecule has 0 amide bonds. The molecule has 0 saturated carbocycles. The monoisotopic (exact) mass is 256 g/mol. The van der Waals surface area contributed by atoms with Crippen molar-refractivity contribution in [2.24, 2.45) is 0 Å². The zero-order chi connectivity index (χ0) is 13.2. The third-order valence-electron chi connectivity index (χ3n) is 2.93. The molecule has 4 nitrogen and oxygen atoms in total. The second kappa shape index (κ2) is 4.65. The van der Waals surface area contributed by atoms with Gasteiger partial charge in [-0.15, -0.1) is 0 Å². The topological polar surface area (TPSA) is 44.8 Å². The van der Waals surface area contributed by atoms with E-state index in [9.17, 15) is 4.79 Å². The Kier molecular flexibility index (Phi) is 2.83. The molecule has 0 aromatic heterocycles. The van der Waals surface area contributed by atoms with E-state index in [2.05, 4.69) is 0 Å². The van der Waals surface area contributed by atoms with Crippen LogP contribution in [0.1, 0.15) is 22.2 Å². The first-order chi connectivity index (χ1) is 9.28. The van der Waals surface area contributed by atoms with Gasteiger partial charge in [0.25, 0.3) is 6.29 Å². The highest BCUT2D eigenvalue weighted by molar-refractivity contribution is 5.93. The summed E-state index contributed by atoms with van der Waals surface area (Å²) in [6.07, 6.45) is -0.715. The Morgan fingerprint density at radius 2 is 1.84 bits per heavy atom. The summed E-state index contributed by atoms with van der Waals surface area (Å²) in [5.74, 6) is 0.725. The van der Waals surface area contributed by atoms with E-state index >= 15 is 0 Å². The fraction of sp³-hybridized carbons (Fsp3) is 0.133. The molecule has 0 aliphatic carbocycles. The molecule has 1 unspecified atom stereocenters. The molecule has 1 atom stereocenters. The zero-order valence-electron chi connectivity index (χ0n) is 10.3. The molecule has 0 radical (unpaired) electrons. The lowest BCUT2D eigenvalue weighted by molar-refractivity contribution is -0.0625. The highest BCUT2D eigenvalue weighted by atomic mass is 16.7. The van der Waals surface area contributed by atoms with Crippen LogP contribution in [0.2, 0.25) is 0 Å². The predicted molar refractivity (Wildman–Crippen MR) is 68.2 cm³/mol. The number of hydrogen-bond donors (Lipinski definition) is 0. The molecular weight excluding hydrogens is 244 g/mol. The number of carbonyl (C=O) groups is 1. The number of esters is 1. The Hall–Kier alpha value is -2.49. The maximum absolute atomic E-state index is 11.9. The maximum Gasteiger partial charge on any atom is 0.345 e. The Bertz CT molecular complexity index is 607. The van der Waals surface area contributed by atoms with Crippen LogP contribution >= 0.6 is 0 Å². The normalized spacial score (nSPS) is 17.1. The van der Waals surface area contributed by atoms with Crippen molar-refractivity contribution in [1.29, 1.82) is 0 Å². The number of fused-ring (bicyclic) bond motifs is 1. The molecular formula is C15H12O4. The molecule has 1 heterocycles. The van der Waals surface area contributed by atoms with Gasteiger partial charge in [0.1, 0.15) is 17.1 Å². The van der Waals surface area contributed by atoms with Crippen molar-refractivity contribution in [3.63, 3.8) is 0 Å². The molecule has 1 aliphatic rings. The summed E-state index contributed by atoms with van der Waals surface area (Å²) in [6.45, 7) is 0. The average molecular weight is 256 g/mol. The van der Waals surface area contributed by atoms with Crippen molar-refractivity contribution in [3.8, 4) is 11.5 Å². The van der Waals surface area contributed by atoms with Crippen LogP contribution in [0.5, 0.6) is 11.5 Å². The second-order valence-corrected chi connectivity index (χ2v) is 4.13. The largest absolute Gasteiger partial charge is 0.497 e. The Balaban J connectivity index is 1.96. The molecule has 0 fully saturated rings. The van der Waals surface area contributed by atoms with Crippen LogP contribution in [0.3, 0.4) is 0 Å². The van der Waals surface area contributed by atoms with Gasteiger partial charge in [-0.2, -0.15) is 0 Å². The van der Waals surface area contributed by atoms with Gasteiger partial charge < -0.3 is 14.2 Å². The summed E-state index contributed by atoms with van der Waals surface area (Å²) >= 11 is 0. The van der Waals surface area contributed by atoms with E-state index in [4.69, 9.17) is 14.2 Å². The van der Waals surface area contributed by atoms with Crippen LogP contribution in [0, 0.1) is 0 Å². The van der Waals surface area contributed by atoms with E-state index in [0.717, 1.165) is 5.56 Å². The number of benzene rings is 2. The van der Waals surface area contributed by atoms with Crippen LogP contribution in [-0.2, 0) is 4.74 Å². The first kappa shape index (κ1) is 11.6. The van der Waals surface area contributed by atoms with Gasteiger partial charge in [-0.3, -0.25) is 0 Å². The standard InChI is InChI=1S/C15H12O4/c1-17-11-7-8-12-13(9-11)18-15(19-14(12)16)10-5-3-2-4-6-10/h2-9,15H,1H3. The molecule has 19 heavy (non-hydrogen) atoms. The van der Waals surface area contributed by atoms with Crippen molar-refractivity contribution in [3.05, 3.63) is 59.7 Å². The highest BCUT2D eigenvalue weighted by Gasteiger charge is 2.28. The van der Waals surface area contributed by atoms with Crippen molar-refractivity contribution >= 4 is 5.97 Å². The fourth-order valence-electron chi connectivity index (χ4n) is 1.94. The van der Waals surface area contributed by atoms with Crippen molar-refractivity contribution in [2.45, 2.75) is 6.29 Å². The number of ether oxygens (including phenoxy) is 3. The molecule has 2 aromatic rings. The van der Waals surface area contributed by atoms with Gasteiger partial charge in [0.05, 0.1) is 7.11 Å². The number of carbonyl (C=O) groups excluding carboxylic acids is 1. The summed E-state index contributed by atoms with van der Waals surface area (Å²) in [7, 11) is 1.57. The number of rotatable bonds is 2. The second-order valence-electron chi connectivity index (χ2n) is 4.13. The lowest BCUT2D eigenvalue weighted by Gasteiger charge is -2.26. The maximum atomic E-state index is 11.9. The summed E-state index contributed by atoms with van der Waals surface area (Å²) in [6, 6.07) is 14.4. The third-order valence-corrected chi connectivity index (χ3v) is 2.93. The highest BCUT2D eigenvalue weighted by Crippen LogP contribution is 2.35. The minimum atomic E-state index is -0.715. The van der Waals surface area contributed by atoms with E-state index in [1.807, 2.05) is 30.3 Å². The average Bonchev–Trinajstić information content (AvgIpc) is 2.47. The molecule has 0 bridgehead atoms. The Labute approximate surface area is 110 Å². The van der Waals surface area contributed by atoms with Crippen molar-refractivity contribution in [2.75, 3.05) is 7.11 Å². The van der Waals surface area contributed by atoms with Crippen LogP contribution in [-0.4, -0.2) is 13.1 Å². The lowest BCUT2D eigenvalue weighted by atomic mass is 10.1. The van der Waals surface area contributed by atoms with Gasteiger partial charge >= 0.3 is 5.97 Å². The van der Waals surface area contributed by atoms with Gasteiger partial charge in [-0.05, 0) is 12.1 Å².